The molecule has 154 valence electrons. The SMILES string of the molecule is C[C@H]1CNCCN1c1nc(Nc2ccncc2)nc(NC2Cc3ccccc3C2)n1. The second-order valence-corrected chi connectivity index (χ2v) is 7.91. The summed E-state index contributed by atoms with van der Waals surface area (Å²) in [5.41, 5.74) is 3.69. The van der Waals surface area contributed by atoms with Crippen LogP contribution in [0.1, 0.15) is 18.1 Å². The van der Waals surface area contributed by atoms with Crippen LogP contribution in [0.5, 0.6) is 0 Å². The van der Waals surface area contributed by atoms with Crippen molar-refractivity contribution < 1.29 is 0 Å². The van der Waals surface area contributed by atoms with E-state index in [-0.39, 0.29) is 6.04 Å². The Hall–Kier alpha value is -3.26. The Bertz CT molecular complexity index is 984. The van der Waals surface area contributed by atoms with E-state index in [1.54, 1.807) is 12.4 Å². The van der Waals surface area contributed by atoms with Crippen LogP contribution in [0.4, 0.5) is 23.5 Å². The maximum absolute atomic E-state index is 4.79. The number of anilines is 4. The number of pyridine rings is 1. The molecule has 3 aromatic rings. The molecule has 2 aromatic heterocycles. The molecule has 1 aliphatic heterocycles. The molecule has 8 heteroatoms. The molecule has 5 rings (SSSR count). The third-order valence-electron chi connectivity index (χ3n) is 5.70. The quantitative estimate of drug-likeness (QED) is 0.599. The Morgan fingerprint density at radius 1 is 0.967 bits per heavy atom. The Morgan fingerprint density at radius 2 is 1.70 bits per heavy atom. The molecule has 1 atom stereocenters. The Morgan fingerprint density at radius 3 is 2.43 bits per heavy atom. The first kappa shape index (κ1) is 18.7. The highest BCUT2D eigenvalue weighted by Gasteiger charge is 2.25. The highest BCUT2D eigenvalue weighted by atomic mass is 15.4. The van der Waals surface area contributed by atoms with Gasteiger partial charge >= 0.3 is 0 Å². The number of fused-ring (bicyclic) bond motifs is 1. The largest absolute Gasteiger partial charge is 0.351 e. The van der Waals surface area contributed by atoms with E-state index in [0.29, 0.717) is 23.9 Å². The zero-order valence-electron chi connectivity index (χ0n) is 17.0. The number of hydrogen-bond acceptors (Lipinski definition) is 8. The van der Waals surface area contributed by atoms with Crippen molar-refractivity contribution >= 4 is 23.5 Å². The molecule has 8 nitrogen and oxygen atoms in total. The number of piperazine rings is 1. The van der Waals surface area contributed by atoms with Crippen LogP contribution in [0.2, 0.25) is 0 Å². The van der Waals surface area contributed by atoms with E-state index in [1.807, 2.05) is 12.1 Å². The van der Waals surface area contributed by atoms with Crippen LogP contribution in [0.15, 0.2) is 48.8 Å². The van der Waals surface area contributed by atoms with Gasteiger partial charge in [0.2, 0.25) is 17.8 Å². The fourth-order valence-corrected chi connectivity index (χ4v) is 4.16. The molecule has 1 aromatic carbocycles. The van der Waals surface area contributed by atoms with Gasteiger partial charge in [0.05, 0.1) is 0 Å². The molecule has 0 saturated carbocycles. The molecule has 1 saturated heterocycles. The number of nitrogens with one attached hydrogen (secondary N) is 3. The van der Waals surface area contributed by atoms with Crippen molar-refractivity contribution in [2.24, 2.45) is 0 Å². The molecular weight excluding hydrogens is 376 g/mol. The van der Waals surface area contributed by atoms with Gasteiger partial charge in [0.25, 0.3) is 0 Å². The normalized spacial score (nSPS) is 18.8. The van der Waals surface area contributed by atoms with Crippen LogP contribution < -0.4 is 20.9 Å². The molecule has 2 aliphatic rings. The minimum atomic E-state index is 0.284. The van der Waals surface area contributed by atoms with Gasteiger partial charge in [-0.3, -0.25) is 4.98 Å². The smallest absolute Gasteiger partial charge is 0.233 e. The molecule has 0 bridgehead atoms. The first-order valence-corrected chi connectivity index (χ1v) is 10.5. The number of aromatic nitrogens is 4. The number of benzene rings is 1. The van der Waals surface area contributed by atoms with E-state index in [9.17, 15) is 0 Å². The van der Waals surface area contributed by atoms with Crippen molar-refractivity contribution in [2.45, 2.75) is 31.8 Å². The maximum atomic E-state index is 4.79. The number of nitrogens with zero attached hydrogens (tertiary/aromatic N) is 5. The van der Waals surface area contributed by atoms with E-state index in [2.05, 4.69) is 62.0 Å². The van der Waals surface area contributed by atoms with E-state index in [4.69, 9.17) is 9.97 Å². The van der Waals surface area contributed by atoms with Gasteiger partial charge in [0.1, 0.15) is 0 Å². The zero-order chi connectivity index (χ0) is 20.3. The van der Waals surface area contributed by atoms with Crippen molar-refractivity contribution in [1.29, 1.82) is 0 Å². The van der Waals surface area contributed by atoms with E-state index >= 15 is 0 Å². The molecule has 0 spiro atoms. The van der Waals surface area contributed by atoms with Crippen molar-refractivity contribution in [3.63, 3.8) is 0 Å². The molecule has 1 fully saturated rings. The molecule has 3 N–H and O–H groups in total. The van der Waals surface area contributed by atoms with Gasteiger partial charge in [0.15, 0.2) is 0 Å². The van der Waals surface area contributed by atoms with E-state index in [0.717, 1.165) is 38.2 Å². The lowest BCUT2D eigenvalue weighted by molar-refractivity contribution is 0.492. The van der Waals surface area contributed by atoms with Crippen LogP contribution in [0, 0.1) is 0 Å². The average Bonchev–Trinajstić information content (AvgIpc) is 3.17. The van der Waals surface area contributed by atoms with Crippen LogP contribution in [-0.4, -0.2) is 51.7 Å². The standard InChI is InChI=1S/C22H26N8/c1-15-14-24-10-11-30(15)22-28-20(25-18-6-8-23-9-7-18)27-21(29-22)26-19-12-16-4-2-3-5-17(16)13-19/h2-9,15,19,24H,10-14H2,1H3,(H2,23,25,26,27,28,29)/t15-/m0/s1. The predicted octanol–water partition coefficient (Wildman–Crippen LogP) is 2.39. The van der Waals surface area contributed by atoms with Gasteiger partial charge in [-0.05, 0) is 43.0 Å². The second-order valence-electron chi connectivity index (χ2n) is 7.91. The third-order valence-corrected chi connectivity index (χ3v) is 5.70. The first-order chi connectivity index (χ1) is 14.7. The molecule has 0 amide bonds. The molecule has 3 heterocycles. The maximum Gasteiger partial charge on any atom is 0.233 e. The topological polar surface area (TPSA) is 90.9 Å². The summed E-state index contributed by atoms with van der Waals surface area (Å²) in [7, 11) is 0. The zero-order valence-corrected chi connectivity index (χ0v) is 17.0. The van der Waals surface area contributed by atoms with Gasteiger partial charge in [-0.2, -0.15) is 15.0 Å². The summed E-state index contributed by atoms with van der Waals surface area (Å²) in [5, 5.41) is 10.3. The highest BCUT2D eigenvalue weighted by Crippen LogP contribution is 2.25. The van der Waals surface area contributed by atoms with Crippen LogP contribution in [0.3, 0.4) is 0 Å². The van der Waals surface area contributed by atoms with Crippen molar-refractivity contribution in [2.75, 3.05) is 35.2 Å². The summed E-state index contributed by atoms with van der Waals surface area (Å²) >= 11 is 0. The monoisotopic (exact) mass is 402 g/mol. The summed E-state index contributed by atoms with van der Waals surface area (Å²) in [5.74, 6) is 1.85. The van der Waals surface area contributed by atoms with Gasteiger partial charge in [0, 0.05) is 49.8 Å². The molecule has 0 radical (unpaired) electrons. The van der Waals surface area contributed by atoms with Gasteiger partial charge in [-0.25, -0.2) is 0 Å². The van der Waals surface area contributed by atoms with Gasteiger partial charge in [-0.1, -0.05) is 24.3 Å². The summed E-state index contributed by atoms with van der Waals surface area (Å²) in [4.78, 5) is 20.5. The third kappa shape index (κ3) is 4.04. The Kier molecular flexibility index (Phi) is 5.15. The van der Waals surface area contributed by atoms with Crippen LogP contribution in [0.25, 0.3) is 0 Å². The minimum absolute atomic E-state index is 0.284. The Balaban J connectivity index is 1.42. The van der Waals surface area contributed by atoms with E-state index in [1.165, 1.54) is 11.1 Å². The van der Waals surface area contributed by atoms with E-state index < -0.39 is 0 Å². The molecule has 30 heavy (non-hydrogen) atoms. The minimum Gasteiger partial charge on any atom is -0.351 e. The molecular formula is C22H26N8. The molecule has 1 aliphatic carbocycles. The predicted molar refractivity (Wildman–Crippen MR) is 118 cm³/mol. The second kappa shape index (κ2) is 8.23. The highest BCUT2D eigenvalue weighted by molar-refractivity contribution is 5.55. The van der Waals surface area contributed by atoms with Crippen molar-refractivity contribution in [3.8, 4) is 0 Å². The lowest BCUT2D eigenvalue weighted by Gasteiger charge is -2.34. The lowest BCUT2D eigenvalue weighted by atomic mass is 10.1. The molecule has 0 unspecified atom stereocenters. The fraction of sp³-hybridized carbons (Fsp3) is 0.364. The summed E-state index contributed by atoms with van der Waals surface area (Å²) < 4.78 is 0. The summed E-state index contributed by atoms with van der Waals surface area (Å²) in [6.07, 6.45) is 5.46. The summed E-state index contributed by atoms with van der Waals surface area (Å²) in [6.45, 7) is 4.89. The Labute approximate surface area is 176 Å². The van der Waals surface area contributed by atoms with Gasteiger partial charge < -0.3 is 20.9 Å². The van der Waals surface area contributed by atoms with Gasteiger partial charge in [-0.15, -0.1) is 0 Å². The van der Waals surface area contributed by atoms with Crippen LogP contribution >= 0.6 is 0 Å². The first-order valence-electron chi connectivity index (χ1n) is 10.5. The summed E-state index contributed by atoms with van der Waals surface area (Å²) in [6, 6.07) is 13.0. The fourth-order valence-electron chi connectivity index (χ4n) is 4.16. The number of hydrogen-bond donors (Lipinski definition) is 3. The van der Waals surface area contributed by atoms with Crippen molar-refractivity contribution in [3.05, 3.63) is 59.9 Å². The van der Waals surface area contributed by atoms with Crippen LogP contribution in [-0.2, 0) is 12.8 Å². The average molecular weight is 403 g/mol. The number of rotatable bonds is 5. The lowest BCUT2D eigenvalue weighted by Crippen LogP contribution is -2.50. The van der Waals surface area contributed by atoms with Crippen molar-refractivity contribution in [1.82, 2.24) is 25.3 Å².